The van der Waals surface area contributed by atoms with E-state index < -0.39 is 0 Å². The molecule has 1 atom stereocenters. The van der Waals surface area contributed by atoms with Crippen molar-refractivity contribution in [2.45, 2.75) is 25.1 Å². The lowest BCUT2D eigenvalue weighted by molar-refractivity contribution is 0.145. The van der Waals surface area contributed by atoms with E-state index in [1.807, 2.05) is 19.9 Å². The predicted octanol–water partition coefficient (Wildman–Crippen LogP) is 4.26. The monoisotopic (exact) mass is 392 g/mol. The molecular weight excluding hydrogens is 376 g/mol. The van der Waals surface area contributed by atoms with Crippen LogP contribution in [0.5, 0.6) is 11.5 Å². The van der Waals surface area contributed by atoms with E-state index in [2.05, 4.69) is 31.9 Å². The Labute approximate surface area is 130 Å². The highest BCUT2D eigenvalue weighted by Crippen LogP contribution is 2.45. The lowest BCUT2D eigenvalue weighted by Gasteiger charge is -2.20. The number of alkyl halides is 1. The normalized spacial score (nSPS) is 18.6. The molecule has 0 saturated heterocycles. The zero-order chi connectivity index (χ0) is 13.8. The van der Waals surface area contributed by atoms with Crippen LogP contribution in [-0.4, -0.2) is 26.4 Å². The maximum atomic E-state index is 5.84. The number of hydrogen-bond acceptors (Lipinski definition) is 3. The third-order valence-electron chi connectivity index (χ3n) is 3.00. The Hall–Kier alpha value is -0.260. The average Bonchev–Trinajstić information content (AvgIpc) is 2.57. The topological polar surface area (TPSA) is 27.7 Å². The fourth-order valence-electron chi connectivity index (χ4n) is 2.25. The maximum Gasteiger partial charge on any atom is 0.165 e. The molecule has 0 saturated carbocycles. The van der Waals surface area contributed by atoms with Crippen LogP contribution in [0.1, 0.15) is 29.8 Å². The van der Waals surface area contributed by atoms with Gasteiger partial charge in [-0.25, -0.2) is 0 Å². The van der Waals surface area contributed by atoms with Crippen molar-refractivity contribution in [2.75, 3.05) is 26.4 Å². The van der Waals surface area contributed by atoms with Crippen LogP contribution in [0, 0.1) is 0 Å². The summed E-state index contributed by atoms with van der Waals surface area (Å²) in [5.74, 6) is 1.64. The molecule has 1 aliphatic rings. The van der Waals surface area contributed by atoms with Gasteiger partial charge in [0.15, 0.2) is 11.5 Å². The summed E-state index contributed by atoms with van der Waals surface area (Å²) >= 11 is 7.33. The van der Waals surface area contributed by atoms with Crippen molar-refractivity contribution in [3.63, 3.8) is 0 Å². The molecule has 0 aromatic heterocycles. The Balaban J connectivity index is 2.58. The molecule has 1 aromatic rings. The molecule has 0 radical (unpaired) electrons. The number of benzene rings is 1. The summed E-state index contributed by atoms with van der Waals surface area (Å²) in [4.78, 5) is 0.128. The Kier molecular flexibility index (Phi) is 5.54. The average molecular weight is 394 g/mol. The van der Waals surface area contributed by atoms with E-state index >= 15 is 0 Å². The summed E-state index contributed by atoms with van der Waals surface area (Å²) in [6.45, 7) is 6.58. The number of rotatable bonds is 4. The van der Waals surface area contributed by atoms with Crippen molar-refractivity contribution in [2.24, 2.45) is 0 Å². The molecule has 0 bridgehead atoms. The van der Waals surface area contributed by atoms with Crippen molar-refractivity contribution in [3.8, 4) is 11.5 Å². The van der Waals surface area contributed by atoms with E-state index in [4.69, 9.17) is 14.2 Å². The second-order valence-corrected chi connectivity index (χ2v) is 6.20. The molecule has 0 N–H and O–H groups in total. The van der Waals surface area contributed by atoms with E-state index in [0.29, 0.717) is 19.8 Å². The highest BCUT2D eigenvalue weighted by molar-refractivity contribution is 9.10. The minimum atomic E-state index is 0.128. The van der Waals surface area contributed by atoms with Crippen LogP contribution >= 0.6 is 31.9 Å². The fourth-order valence-corrected chi connectivity index (χ4v) is 3.54. The van der Waals surface area contributed by atoms with Crippen LogP contribution in [0.25, 0.3) is 0 Å². The van der Waals surface area contributed by atoms with E-state index in [1.54, 1.807) is 0 Å². The van der Waals surface area contributed by atoms with Crippen LogP contribution in [0.4, 0.5) is 0 Å². The molecule has 1 aromatic carbocycles. The highest BCUT2D eigenvalue weighted by atomic mass is 79.9. The van der Waals surface area contributed by atoms with Gasteiger partial charge in [-0.05, 0) is 31.9 Å². The predicted molar refractivity (Wildman–Crippen MR) is 82.7 cm³/mol. The van der Waals surface area contributed by atoms with Crippen LogP contribution in [0.15, 0.2) is 10.5 Å². The molecule has 0 spiro atoms. The van der Waals surface area contributed by atoms with Gasteiger partial charge < -0.3 is 14.2 Å². The highest BCUT2D eigenvalue weighted by Gasteiger charge is 2.26. The van der Waals surface area contributed by atoms with Gasteiger partial charge in [0.2, 0.25) is 0 Å². The minimum absolute atomic E-state index is 0.128. The molecule has 106 valence electrons. The van der Waals surface area contributed by atoms with E-state index in [9.17, 15) is 0 Å². The van der Waals surface area contributed by atoms with Crippen molar-refractivity contribution in [1.29, 1.82) is 0 Å². The second-order valence-electron chi connectivity index (χ2n) is 4.24. The second kappa shape index (κ2) is 6.95. The van der Waals surface area contributed by atoms with Gasteiger partial charge in [0, 0.05) is 10.0 Å². The summed E-state index contributed by atoms with van der Waals surface area (Å²) < 4.78 is 18.2. The number of ether oxygens (including phenoxy) is 3. The summed E-state index contributed by atoms with van der Waals surface area (Å²) in [5.41, 5.74) is 2.39. The largest absolute Gasteiger partial charge is 0.490 e. The van der Waals surface area contributed by atoms with Crippen molar-refractivity contribution >= 4 is 31.9 Å². The molecule has 1 heterocycles. The van der Waals surface area contributed by atoms with Crippen molar-refractivity contribution in [3.05, 3.63) is 21.7 Å². The lowest BCUT2D eigenvalue weighted by Crippen LogP contribution is -2.07. The summed E-state index contributed by atoms with van der Waals surface area (Å²) in [6.07, 6.45) is 0.879. The van der Waals surface area contributed by atoms with Crippen molar-refractivity contribution < 1.29 is 14.2 Å². The van der Waals surface area contributed by atoms with E-state index in [-0.39, 0.29) is 4.83 Å². The molecule has 19 heavy (non-hydrogen) atoms. The fraction of sp³-hybridized carbons (Fsp3) is 0.571. The molecule has 0 aliphatic carbocycles. The Morgan fingerprint density at radius 3 is 2.74 bits per heavy atom. The number of fused-ring (bicyclic) bond motifs is 1. The molecule has 0 amide bonds. The van der Waals surface area contributed by atoms with Gasteiger partial charge in [-0.3, -0.25) is 0 Å². The first-order chi connectivity index (χ1) is 9.19. The molecule has 3 nitrogen and oxygen atoms in total. The third-order valence-corrected chi connectivity index (χ3v) is 4.43. The smallest absolute Gasteiger partial charge is 0.165 e. The van der Waals surface area contributed by atoms with Gasteiger partial charge >= 0.3 is 0 Å². The SMILES string of the molecule is CCOc1cc(Br)c2c(c1OCC)C(Br)COCC2. The van der Waals surface area contributed by atoms with Crippen molar-refractivity contribution in [1.82, 2.24) is 0 Å². The summed E-state index contributed by atoms with van der Waals surface area (Å²) in [6, 6.07) is 2.00. The quantitative estimate of drug-likeness (QED) is 0.715. The first-order valence-corrected chi connectivity index (χ1v) is 8.22. The van der Waals surface area contributed by atoms with Gasteiger partial charge in [-0.15, -0.1) is 0 Å². The first kappa shape index (κ1) is 15.1. The maximum absolute atomic E-state index is 5.84. The summed E-state index contributed by atoms with van der Waals surface area (Å²) in [5, 5.41) is 0. The standard InChI is InChI=1S/C14H18Br2O3/c1-3-18-12-7-10(15)9-5-6-17-8-11(16)13(9)14(12)19-4-2/h7,11H,3-6,8H2,1-2H3. The molecule has 5 heteroatoms. The van der Waals surface area contributed by atoms with Crippen LogP contribution in [0.2, 0.25) is 0 Å². The zero-order valence-corrected chi connectivity index (χ0v) is 14.3. The molecule has 1 unspecified atom stereocenters. The first-order valence-electron chi connectivity index (χ1n) is 6.51. The number of halogens is 2. The zero-order valence-electron chi connectivity index (χ0n) is 11.2. The Morgan fingerprint density at radius 1 is 1.32 bits per heavy atom. The summed E-state index contributed by atoms with van der Waals surface area (Å²) in [7, 11) is 0. The minimum Gasteiger partial charge on any atom is -0.490 e. The van der Waals surface area contributed by atoms with Crippen LogP contribution < -0.4 is 9.47 Å². The van der Waals surface area contributed by atoms with Crippen LogP contribution in [-0.2, 0) is 11.2 Å². The Morgan fingerprint density at radius 2 is 2.05 bits per heavy atom. The molecular formula is C14H18Br2O3. The molecule has 0 fully saturated rings. The Bertz CT molecular complexity index is 449. The van der Waals surface area contributed by atoms with Gasteiger partial charge in [-0.1, -0.05) is 31.9 Å². The van der Waals surface area contributed by atoms with Gasteiger partial charge in [0.1, 0.15) is 0 Å². The molecule has 1 aliphatic heterocycles. The van der Waals surface area contributed by atoms with Gasteiger partial charge in [-0.2, -0.15) is 0 Å². The van der Waals surface area contributed by atoms with Gasteiger partial charge in [0.25, 0.3) is 0 Å². The van der Waals surface area contributed by atoms with E-state index in [0.717, 1.165) is 34.6 Å². The number of hydrogen-bond donors (Lipinski definition) is 0. The van der Waals surface area contributed by atoms with E-state index in [1.165, 1.54) is 5.56 Å². The lowest BCUT2D eigenvalue weighted by atomic mass is 10.0. The van der Waals surface area contributed by atoms with Crippen LogP contribution in [0.3, 0.4) is 0 Å². The van der Waals surface area contributed by atoms with Gasteiger partial charge in [0.05, 0.1) is 31.3 Å². The third kappa shape index (κ3) is 3.26. The molecule has 2 rings (SSSR count).